The van der Waals surface area contributed by atoms with Crippen molar-refractivity contribution in [3.8, 4) is 5.75 Å². The Labute approximate surface area is 71.5 Å². The van der Waals surface area contributed by atoms with Gasteiger partial charge in [0.05, 0.1) is 24.1 Å². The number of aromatic nitrogens is 1. The predicted octanol–water partition coefficient (Wildman–Crippen LogP) is 1.36. The van der Waals surface area contributed by atoms with Crippen LogP contribution in [0.4, 0.5) is 13.2 Å². The van der Waals surface area contributed by atoms with E-state index in [0.717, 1.165) is 0 Å². The summed E-state index contributed by atoms with van der Waals surface area (Å²) in [6.07, 6.45) is -2.44. The van der Waals surface area contributed by atoms with Crippen molar-refractivity contribution >= 4 is 0 Å². The lowest BCUT2D eigenvalue weighted by Crippen LogP contribution is -2.02. The number of nitrogens with zero attached hydrogens (tertiary/aromatic N) is 1. The second-order valence-corrected chi connectivity index (χ2v) is 2.28. The van der Waals surface area contributed by atoms with E-state index in [-0.39, 0.29) is 0 Å². The van der Waals surface area contributed by atoms with Crippen molar-refractivity contribution < 1.29 is 23.4 Å². The highest BCUT2D eigenvalue weighted by Gasteiger charge is 2.21. The SMILES string of the molecule is OCc1ncc(O)c(F)c1C(F)F. The molecule has 0 aliphatic heterocycles. The maximum absolute atomic E-state index is 12.8. The van der Waals surface area contributed by atoms with E-state index in [1.807, 2.05) is 0 Å². The molecule has 0 saturated carbocycles. The van der Waals surface area contributed by atoms with Crippen LogP contribution in [0.2, 0.25) is 0 Å². The molecule has 0 aromatic carbocycles. The fraction of sp³-hybridized carbons (Fsp3) is 0.286. The van der Waals surface area contributed by atoms with Crippen molar-refractivity contribution in [1.29, 1.82) is 0 Å². The van der Waals surface area contributed by atoms with Crippen LogP contribution >= 0.6 is 0 Å². The van der Waals surface area contributed by atoms with Crippen LogP contribution in [-0.4, -0.2) is 15.2 Å². The summed E-state index contributed by atoms with van der Waals surface area (Å²) in [6, 6.07) is 0. The van der Waals surface area contributed by atoms with E-state index in [4.69, 9.17) is 10.2 Å². The molecule has 0 saturated heterocycles. The average Bonchev–Trinajstić information content (AvgIpc) is 2.08. The lowest BCUT2D eigenvalue weighted by molar-refractivity contribution is 0.139. The van der Waals surface area contributed by atoms with Crippen LogP contribution in [0.15, 0.2) is 6.20 Å². The van der Waals surface area contributed by atoms with Crippen LogP contribution in [0.5, 0.6) is 5.75 Å². The number of aromatic hydroxyl groups is 1. The standard InChI is InChI=1S/C7H6F3NO2/c8-6-4(13)1-11-3(2-12)5(6)7(9)10/h1,7,12-13H,2H2. The van der Waals surface area contributed by atoms with Crippen molar-refractivity contribution in [2.45, 2.75) is 13.0 Å². The molecule has 0 amide bonds. The summed E-state index contributed by atoms with van der Waals surface area (Å²) in [4.78, 5) is 3.26. The van der Waals surface area contributed by atoms with E-state index < -0.39 is 35.9 Å². The van der Waals surface area contributed by atoms with Crippen molar-refractivity contribution in [2.75, 3.05) is 0 Å². The molecule has 0 aliphatic rings. The number of pyridine rings is 1. The molecule has 0 fully saturated rings. The third-order valence-electron chi connectivity index (χ3n) is 1.48. The first kappa shape index (κ1) is 9.79. The van der Waals surface area contributed by atoms with Crippen LogP contribution < -0.4 is 0 Å². The molecule has 3 nitrogen and oxygen atoms in total. The first-order valence-electron chi connectivity index (χ1n) is 3.33. The van der Waals surface area contributed by atoms with Gasteiger partial charge in [0.1, 0.15) is 0 Å². The monoisotopic (exact) mass is 193 g/mol. The van der Waals surface area contributed by atoms with Gasteiger partial charge in [0.2, 0.25) is 0 Å². The molecule has 1 aromatic rings. The number of alkyl halides is 2. The highest BCUT2D eigenvalue weighted by atomic mass is 19.3. The Hall–Kier alpha value is -1.30. The molecule has 1 rings (SSSR count). The van der Waals surface area contributed by atoms with Crippen molar-refractivity contribution in [2.24, 2.45) is 0 Å². The lowest BCUT2D eigenvalue weighted by Gasteiger charge is -2.07. The fourth-order valence-electron chi connectivity index (χ4n) is 0.878. The van der Waals surface area contributed by atoms with E-state index in [2.05, 4.69) is 4.98 Å². The molecule has 1 aromatic heterocycles. The van der Waals surface area contributed by atoms with Crippen LogP contribution in [0, 0.1) is 5.82 Å². The summed E-state index contributed by atoms with van der Waals surface area (Å²) in [5, 5.41) is 17.3. The molecule has 6 heteroatoms. The van der Waals surface area contributed by atoms with E-state index in [1.54, 1.807) is 0 Å². The van der Waals surface area contributed by atoms with Crippen LogP contribution in [0.25, 0.3) is 0 Å². The van der Waals surface area contributed by atoms with Gasteiger partial charge in [-0.1, -0.05) is 0 Å². The van der Waals surface area contributed by atoms with Gasteiger partial charge in [0.25, 0.3) is 6.43 Å². The fourth-order valence-corrected chi connectivity index (χ4v) is 0.878. The Morgan fingerprint density at radius 3 is 2.54 bits per heavy atom. The van der Waals surface area contributed by atoms with E-state index >= 15 is 0 Å². The summed E-state index contributed by atoms with van der Waals surface area (Å²) in [5.74, 6) is -2.39. The predicted molar refractivity (Wildman–Crippen MR) is 36.7 cm³/mol. The highest BCUT2D eigenvalue weighted by molar-refractivity contribution is 5.31. The maximum atomic E-state index is 12.8. The second-order valence-electron chi connectivity index (χ2n) is 2.28. The molecule has 0 aliphatic carbocycles. The van der Waals surface area contributed by atoms with Crippen molar-refractivity contribution in [3.63, 3.8) is 0 Å². The molecule has 72 valence electrons. The number of hydrogen-bond donors (Lipinski definition) is 2. The Balaban J connectivity index is 3.32. The van der Waals surface area contributed by atoms with Crippen molar-refractivity contribution in [3.05, 3.63) is 23.3 Å². The van der Waals surface area contributed by atoms with Gasteiger partial charge in [-0.25, -0.2) is 13.2 Å². The van der Waals surface area contributed by atoms with Crippen molar-refractivity contribution in [1.82, 2.24) is 4.98 Å². The Morgan fingerprint density at radius 1 is 1.46 bits per heavy atom. The summed E-state index contributed by atoms with van der Waals surface area (Å²) in [6.45, 7) is -0.795. The number of rotatable bonds is 2. The number of aliphatic hydroxyl groups excluding tert-OH is 1. The number of aliphatic hydroxyl groups is 1. The van der Waals surface area contributed by atoms with Gasteiger partial charge in [-0.05, 0) is 0 Å². The zero-order valence-electron chi connectivity index (χ0n) is 6.34. The Kier molecular flexibility index (Phi) is 2.72. The van der Waals surface area contributed by atoms with Gasteiger partial charge in [0.15, 0.2) is 11.6 Å². The lowest BCUT2D eigenvalue weighted by atomic mass is 10.2. The zero-order chi connectivity index (χ0) is 10.0. The Morgan fingerprint density at radius 2 is 2.08 bits per heavy atom. The van der Waals surface area contributed by atoms with Gasteiger partial charge >= 0.3 is 0 Å². The summed E-state index contributed by atoms with van der Waals surface area (Å²) in [7, 11) is 0. The van der Waals surface area contributed by atoms with Gasteiger partial charge in [0, 0.05) is 0 Å². The molecular weight excluding hydrogens is 187 g/mol. The van der Waals surface area contributed by atoms with Gasteiger partial charge in [-0.3, -0.25) is 4.98 Å². The quantitative estimate of drug-likeness (QED) is 0.745. The zero-order valence-corrected chi connectivity index (χ0v) is 6.34. The molecule has 0 atom stereocenters. The molecular formula is C7H6F3NO2. The minimum absolute atomic E-state index is 0.467. The summed E-state index contributed by atoms with van der Waals surface area (Å²) in [5.41, 5.74) is -1.52. The molecule has 13 heavy (non-hydrogen) atoms. The maximum Gasteiger partial charge on any atom is 0.268 e. The average molecular weight is 193 g/mol. The number of hydrogen-bond acceptors (Lipinski definition) is 3. The Bertz CT molecular complexity index is 317. The molecule has 0 bridgehead atoms. The normalized spacial score (nSPS) is 10.8. The van der Waals surface area contributed by atoms with Gasteiger partial charge in [-0.15, -0.1) is 0 Å². The van der Waals surface area contributed by atoms with Gasteiger partial charge in [-0.2, -0.15) is 0 Å². The molecule has 1 heterocycles. The number of halogens is 3. The van der Waals surface area contributed by atoms with E-state index in [0.29, 0.717) is 6.20 Å². The van der Waals surface area contributed by atoms with E-state index in [9.17, 15) is 13.2 Å². The first-order chi connectivity index (χ1) is 6.07. The van der Waals surface area contributed by atoms with Crippen LogP contribution in [-0.2, 0) is 6.61 Å². The molecule has 0 radical (unpaired) electrons. The third kappa shape index (κ3) is 1.72. The molecule has 2 N–H and O–H groups in total. The van der Waals surface area contributed by atoms with Gasteiger partial charge < -0.3 is 10.2 Å². The smallest absolute Gasteiger partial charge is 0.268 e. The second kappa shape index (κ2) is 3.61. The topological polar surface area (TPSA) is 53.4 Å². The van der Waals surface area contributed by atoms with Crippen LogP contribution in [0.3, 0.4) is 0 Å². The van der Waals surface area contributed by atoms with Crippen LogP contribution in [0.1, 0.15) is 17.7 Å². The first-order valence-corrected chi connectivity index (χ1v) is 3.33. The summed E-state index contributed by atoms with van der Waals surface area (Å²) >= 11 is 0. The molecule has 0 spiro atoms. The highest BCUT2D eigenvalue weighted by Crippen LogP contribution is 2.29. The largest absolute Gasteiger partial charge is 0.504 e. The van der Waals surface area contributed by atoms with E-state index in [1.165, 1.54) is 0 Å². The minimum atomic E-state index is -3.11. The molecule has 0 unspecified atom stereocenters. The third-order valence-corrected chi connectivity index (χ3v) is 1.48. The summed E-state index contributed by atoms with van der Waals surface area (Å²) < 4.78 is 37.1. The minimum Gasteiger partial charge on any atom is -0.504 e.